The first-order valence-corrected chi connectivity index (χ1v) is 6.74. The summed E-state index contributed by atoms with van der Waals surface area (Å²) in [7, 11) is 7.96. The highest BCUT2D eigenvalue weighted by atomic mass is 16.2. The van der Waals surface area contributed by atoms with E-state index in [1.807, 2.05) is 28.2 Å². The fourth-order valence-corrected chi connectivity index (χ4v) is 1.52. The molecule has 6 nitrogen and oxygen atoms in total. The second-order valence-electron chi connectivity index (χ2n) is 5.19. The van der Waals surface area contributed by atoms with Crippen LogP contribution in [0.5, 0.6) is 0 Å². The third-order valence-electron chi connectivity index (χ3n) is 2.53. The van der Waals surface area contributed by atoms with Crippen molar-refractivity contribution in [1.82, 2.24) is 20.4 Å². The average molecular weight is 272 g/mol. The van der Waals surface area contributed by atoms with E-state index in [2.05, 4.69) is 20.4 Å². The van der Waals surface area contributed by atoms with Gasteiger partial charge in [0.2, 0.25) is 11.8 Å². The molecule has 0 aliphatic heterocycles. The summed E-state index contributed by atoms with van der Waals surface area (Å²) in [6.07, 6.45) is 1.70. The summed E-state index contributed by atoms with van der Waals surface area (Å²) in [6, 6.07) is 0. The van der Waals surface area contributed by atoms with Crippen LogP contribution < -0.4 is 10.6 Å². The minimum atomic E-state index is -0.205. The molecule has 6 heteroatoms. The molecule has 0 saturated carbocycles. The van der Waals surface area contributed by atoms with Crippen LogP contribution in [0.15, 0.2) is 0 Å². The zero-order chi connectivity index (χ0) is 14.7. The Hall–Kier alpha value is -1.14. The minimum absolute atomic E-state index is 0.0794. The lowest BCUT2D eigenvalue weighted by atomic mass is 10.3. The van der Waals surface area contributed by atoms with Crippen LogP contribution in [-0.4, -0.2) is 76.0 Å². The summed E-state index contributed by atoms with van der Waals surface area (Å²) >= 11 is 0. The molecule has 0 unspecified atom stereocenters. The number of carbonyl (C=O) groups is 2. The van der Waals surface area contributed by atoms with Crippen LogP contribution in [0.3, 0.4) is 0 Å². The predicted molar refractivity (Wildman–Crippen MR) is 77.0 cm³/mol. The maximum absolute atomic E-state index is 11.4. The van der Waals surface area contributed by atoms with Gasteiger partial charge in [0.15, 0.2) is 0 Å². The minimum Gasteiger partial charge on any atom is -0.356 e. The SMILES string of the molecule is CN(C)CCCNC(=O)CC(=O)NCCCN(C)C. The fraction of sp³-hybridized carbons (Fsp3) is 0.846. The van der Waals surface area contributed by atoms with E-state index in [0.717, 1.165) is 25.9 Å². The van der Waals surface area contributed by atoms with E-state index < -0.39 is 0 Å². The highest BCUT2D eigenvalue weighted by molar-refractivity contribution is 5.96. The number of rotatable bonds is 10. The van der Waals surface area contributed by atoms with Crippen molar-refractivity contribution in [3.8, 4) is 0 Å². The number of nitrogens with zero attached hydrogens (tertiary/aromatic N) is 2. The van der Waals surface area contributed by atoms with Crippen molar-refractivity contribution in [3.05, 3.63) is 0 Å². The Labute approximate surface area is 116 Å². The zero-order valence-electron chi connectivity index (χ0n) is 12.7. The van der Waals surface area contributed by atoms with Crippen LogP contribution in [-0.2, 0) is 9.59 Å². The summed E-state index contributed by atoms with van der Waals surface area (Å²) in [4.78, 5) is 27.0. The molecule has 0 radical (unpaired) electrons. The summed E-state index contributed by atoms with van der Waals surface area (Å²) in [5.74, 6) is -0.410. The van der Waals surface area contributed by atoms with Crippen molar-refractivity contribution in [2.75, 3.05) is 54.4 Å². The first-order valence-electron chi connectivity index (χ1n) is 6.74. The molecule has 0 aromatic rings. The predicted octanol–water partition coefficient (Wildman–Crippen LogP) is -0.488. The monoisotopic (exact) mass is 272 g/mol. The van der Waals surface area contributed by atoms with E-state index >= 15 is 0 Å². The first kappa shape index (κ1) is 17.9. The standard InChI is InChI=1S/C13H28N4O2/c1-16(2)9-5-7-14-12(18)11-13(19)15-8-6-10-17(3)4/h5-11H2,1-4H3,(H,14,18)(H,15,19). The van der Waals surface area contributed by atoms with Gasteiger partial charge >= 0.3 is 0 Å². The summed E-state index contributed by atoms with van der Waals surface area (Å²) in [6.45, 7) is 3.09. The largest absolute Gasteiger partial charge is 0.356 e. The second kappa shape index (κ2) is 10.8. The molecule has 112 valence electrons. The van der Waals surface area contributed by atoms with Crippen molar-refractivity contribution in [1.29, 1.82) is 0 Å². The molecule has 0 heterocycles. The molecule has 0 fully saturated rings. The quantitative estimate of drug-likeness (QED) is 0.416. The molecular formula is C13H28N4O2. The van der Waals surface area contributed by atoms with Gasteiger partial charge in [-0.15, -0.1) is 0 Å². The lowest BCUT2D eigenvalue weighted by Crippen LogP contribution is -2.34. The van der Waals surface area contributed by atoms with Crippen molar-refractivity contribution < 1.29 is 9.59 Å². The molecule has 0 atom stereocenters. The van der Waals surface area contributed by atoms with Gasteiger partial charge in [-0.1, -0.05) is 0 Å². The highest BCUT2D eigenvalue weighted by Gasteiger charge is 2.08. The van der Waals surface area contributed by atoms with Crippen LogP contribution >= 0.6 is 0 Å². The van der Waals surface area contributed by atoms with Gasteiger partial charge in [0, 0.05) is 13.1 Å². The van der Waals surface area contributed by atoms with E-state index in [9.17, 15) is 9.59 Å². The smallest absolute Gasteiger partial charge is 0.229 e. The molecule has 0 rings (SSSR count). The fourth-order valence-electron chi connectivity index (χ4n) is 1.52. The summed E-state index contributed by atoms with van der Waals surface area (Å²) < 4.78 is 0. The molecule has 2 amide bonds. The van der Waals surface area contributed by atoms with Gasteiger partial charge in [0.25, 0.3) is 0 Å². The molecule has 0 saturated heterocycles. The Morgan fingerprint density at radius 3 is 1.47 bits per heavy atom. The Balaban J connectivity index is 3.50. The van der Waals surface area contributed by atoms with E-state index in [1.165, 1.54) is 0 Å². The number of hydrogen-bond acceptors (Lipinski definition) is 4. The molecule has 0 spiro atoms. The molecule has 0 aliphatic carbocycles. The second-order valence-corrected chi connectivity index (χ2v) is 5.19. The lowest BCUT2D eigenvalue weighted by Gasteiger charge is -2.11. The van der Waals surface area contributed by atoms with Crippen molar-refractivity contribution in [3.63, 3.8) is 0 Å². The number of nitrogens with one attached hydrogen (secondary N) is 2. The molecule has 19 heavy (non-hydrogen) atoms. The topological polar surface area (TPSA) is 64.7 Å². The molecule has 0 aliphatic rings. The van der Waals surface area contributed by atoms with Gasteiger partial charge < -0.3 is 20.4 Å². The summed E-state index contributed by atoms with van der Waals surface area (Å²) in [5, 5.41) is 5.49. The average Bonchev–Trinajstić information content (AvgIpc) is 2.30. The third-order valence-corrected chi connectivity index (χ3v) is 2.53. The number of carbonyl (C=O) groups excluding carboxylic acids is 2. The lowest BCUT2D eigenvalue weighted by molar-refractivity contribution is -0.129. The van der Waals surface area contributed by atoms with Gasteiger partial charge in [-0.05, 0) is 54.1 Å². The Bertz CT molecular complexity index is 241. The van der Waals surface area contributed by atoms with Gasteiger partial charge in [-0.2, -0.15) is 0 Å². The summed E-state index contributed by atoms with van der Waals surface area (Å²) in [5.41, 5.74) is 0. The zero-order valence-corrected chi connectivity index (χ0v) is 12.7. The third kappa shape index (κ3) is 13.1. The van der Waals surface area contributed by atoms with Gasteiger partial charge in [-0.25, -0.2) is 0 Å². The maximum Gasteiger partial charge on any atom is 0.229 e. The molecular weight excluding hydrogens is 244 g/mol. The molecule has 2 N–H and O–H groups in total. The van der Waals surface area contributed by atoms with Gasteiger partial charge in [-0.3, -0.25) is 9.59 Å². The Morgan fingerprint density at radius 1 is 0.789 bits per heavy atom. The van der Waals surface area contributed by atoms with E-state index in [-0.39, 0.29) is 18.2 Å². The maximum atomic E-state index is 11.4. The van der Waals surface area contributed by atoms with Crippen LogP contribution in [0.4, 0.5) is 0 Å². The van der Waals surface area contributed by atoms with Crippen LogP contribution in [0.2, 0.25) is 0 Å². The normalized spacial score (nSPS) is 10.8. The molecule has 0 aromatic carbocycles. The highest BCUT2D eigenvalue weighted by Crippen LogP contribution is 1.86. The van der Waals surface area contributed by atoms with E-state index in [0.29, 0.717) is 13.1 Å². The Morgan fingerprint density at radius 2 is 1.16 bits per heavy atom. The number of amides is 2. The molecule has 0 bridgehead atoms. The van der Waals surface area contributed by atoms with E-state index in [4.69, 9.17) is 0 Å². The van der Waals surface area contributed by atoms with Gasteiger partial charge in [0.05, 0.1) is 0 Å². The van der Waals surface area contributed by atoms with Crippen LogP contribution in [0, 0.1) is 0 Å². The molecule has 0 aromatic heterocycles. The first-order chi connectivity index (χ1) is 8.91. The van der Waals surface area contributed by atoms with E-state index in [1.54, 1.807) is 0 Å². The van der Waals surface area contributed by atoms with Gasteiger partial charge in [0.1, 0.15) is 6.42 Å². The van der Waals surface area contributed by atoms with Crippen LogP contribution in [0.1, 0.15) is 19.3 Å². The van der Waals surface area contributed by atoms with Crippen molar-refractivity contribution in [2.45, 2.75) is 19.3 Å². The van der Waals surface area contributed by atoms with Crippen LogP contribution in [0.25, 0.3) is 0 Å². The number of hydrogen-bond donors (Lipinski definition) is 2. The van der Waals surface area contributed by atoms with Crippen molar-refractivity contribution >= 4 is 11.8 Å². The Kier molecular flexibility index (Phi) is 10.1. The van der Waals surface area contributed by atoms with Crippen molar-refractivity contribution in [2.24, 2.45) is 0 Å².